The van der Waals surface area contributed by atoms with Gasteiger partial charge in [0.25, 0.3) is 0 Å². The minimum atomic E-state index is 0.0834. The average Bonchev–Trinajstić information content (AvgIpc) is 2.81. The zero-order chi connectivity index (χ0) is 11.6. The molecule has 1 atom stereocenters. The largest absolute Gasteiger partial charge is 0.355 e. The molecule has 1 amide bonds. The van der Waals surface area contributed by atoms with Gasteiger partial charge in [-0.15, -0.1) is 0 Å². The fourth-order valence-electron chi connectivity index (χ4n) is 2.15. The summed E-state index contributed by atoms with van der Waals surface area (Å²) in [5, 5.41) is 6.23. The van der Waals surface area contributed by atoms with Crippen molar-refractivity contribution in [3.05, 3.63) is 0 Å². The zero-order valence-corrected chi connectivity index (χ0v) is 10.6. The summed E-state index contributed by atoms with van der Waals surface area (Å²) >= 11 is 0. The van der Waals surface area contributed by atoms with Crippen molar-refractivity contribution in [1.29, 1.82) is 0 Å². The summed E-state index contributed by atoms with van der Waals surface area (Å²) < 4.78 is 0. The highest BCUT2D eigenvalue weighted by Gasteiger charge is 2.20. The molecule has 1 rings (SSSR count). The van der Waals surface area contributed by atoms with Crippen LogP contribution in [0.4, 0.5) is 0 Å². The van der Waals surface area contributed by atoms with Gasteiger partial charge < -0.3 is 10.6 Å². The number of amides is 1. The van der Waals surface area contributed by atoms with E-state index in [0.29, 0.717) is 0 Å². The number of carbonyl (C=O) groups excluding carboxylic acids is 1. The van der Waals surface area contributed by atoms with Crippen molar-refractivity contribution in [2.75, 3.05) is 13.1 Å². The third-order valence-corrected chi connectivity index (χ3v) is 3.21. The second-order valence-corrected chi connectivity index (χ2v) is 4.71. The molecule has 1 saturated heterocycles. The van der Waals surface area contributed by atoms with Crippen LogP contribution in [-0.4, -0.2) is 25.0 Å². The van der Waals surface area contributed by atoms with E-state index < -0.39 is 0 Å². The molecule has 16 heavy (non-hydrogen) atoms. The first-order chi connectivity index (χ1) is 7.84. The highest BCUT2D eigenvalue weighted by Crippen LogP contribution is 2.06. The molecule has 3 heteroatoms. The molecule has 0 spiro atoms. The zero-order valence-electron chi connectivity index (χ0n) is 10.6. The molecule has 1 unspecified atom stereocenters. The Labute approximate surface area is 99.4 Å². The predicted octanol–water partition coefficient (Wildman–Crippen LogP) is 2.22. The van der Waals surface area contributed by atoms with Gasteiger partial charge in [-0.3, -0.25) is 4.79 Å². The molecular weight excluding hydrogens is 200 g/mol. The Morgan fingerprint density at radius 3 is 2.69 bits per heavy atom. The Kier molecular flexibility index (Phi) is 7.23. The van der Waals surface area contributed by atoms with Gasteiger partial charge in [0.15, 0.2) is 0 Å². The van der Waals surface area contributed by atoms with Crippen LogP contribution in [0.15, 0.2) is 0 Å². The van der Waals surface area contributed by atoms with Crippen LogP contribution in [-0.2, 0) is 4.79 Å². The Morgan fingerprint density at radius 1 is 1.25 bits per heavy atom. The van der Waals surface area contributed by atoms with Crippen LogP contribution in [0.2, 0.25) is 0 Å². The Balaban J connectivity index is 1.88. The van der Waals surface area contributed by atoms with Gasteiger partial charge in [-0.1, -0.05) is 39.0 Å². The van der Waals surface area contributed by atoms with E-state index in [2.05, 4.69) is 17.6 Å². The molecule has 0 aliphatic carbocycles. The first kappa shape index (κ1) is 13.5. The van der Waals surface area contributed by atoms with Crippen molar-refractivity contribution in [2.24, 2.45) is 0 Å². The van der Waals surface area contributed by atoms with Crippen molar-refractivity contribution < 1.29 is 4.79 Å². The molecule has 0 saturated carbocycles. The number of hydrogen-bond donors (Lipinski definition) is 2. The molecule has 0 aromatic rings. The summed E-state index contributed by atoms with van der Waals surface area (Å²) in [6.07, 6.45) is 9.81. The SMILES string of the molecule is CCCCCCCCNC(=O)C1CCCN1. The van der Waals surface area contributed by atoms with E-state index in [-0.39, 0.29) is 11.9 Å². The molecule has 0 aromatic heterocycles. The molecule has 3 nitrogen and oxygen atoms in total. The third kappa shape index (κ3) is 5.50. The van der Waals surface area contributed by atoms with Gasteiger partial charge in [-0.2, -0.15) is 0 Å². The smallest absolute Gasteiger partial charge is 0.237 e. The van der Waals surface area contributed by atoms with Crippen LogP contribution >= 0.6 is 0 Å². The lowest BCUT2D eigenvalue weighted by atomic mass is 10.1. The summed E-state index contributed by atoms with van der Waals surface area (Å²) in [7, 11) is 0. The molecule has 1 fully saturated rings. The Bertz CT molecular complexity index is 188. The van der Waals surface area contributed by atoms with E-state index in [1.807, 2.05) is 0 Å². The van der Waals surface area contributed by atoms with Crippen molar-refractivity contribution in [3.63, 3.8) is 0 Å². The Hall–Kier alpha value is -0.570. The number of rotatable bonds is 8. The maximum Gasteiger partial charge on any atom is 0.237 e. The normalized spacial score (nSPS) is 19.9. The van der Waals surface area contributed by atoms with Crippen LogP contribution in [0, 0.1) is 0 Å². The van der Waals surface area contributed by atoms with Gasteiger partial charge in [0.2, 0.25) is 5.91 Å². The number of unbranched alkanes of at least 4 members (excludes halogenated alkanes) is 5. The van der Waals surface area contributed by atoms with E-state index >= 15 is 0 Å². The monoisotopic (exact) mass is 226 g/mol. The fourth-order valence-corrected chi connectivity index (χ4v) is 2.15. The van der Waals surface area contributed by atoms with E-state index in [0.717, 1.165) is 32.4 Å². The quantitative estimate of drug-likeness (QED) is 0.623. The van der Waals surface area contributed by atoms with E-state index in [9.17, 15) is 4.79 Å². The molecule has 1 aliphatic heterocycles. The van der Waals surface area contributed by atoms with Crippen LogP contribution in [0.3, 0.4) is 0 Å². The Morgan fingerprint density at radius 2 is 2.00 bits per heavy atom. The van der Waals surface area contributed by atoms with E-state index in [1.165, 1.54) is 32.1 Å². The lowest BCUT2D eigenvalue weighted by Crippen LogP contribution is -2.40. The topological polar surface area (TPSA) is 41.1 Å². The van der Waals surface area contributed by atoms with Gasteiger partial charge in [-0.05, 0) is 25.8 Å². The third-order valence-electron chi connectivity index (χ3n) is 3.21. The van der Waals surface area contributed by atoms with Gasteiger partial charge in [0.1, 0.15) is 0 Å². The molecule has 94 valence electrons. The van der Waals surface area contributed by atoms with Crippen LogP contribution < -0.4 is 10.6 Å². The number of carbonyl (C=O) groups is 1. The molecule has 1 heterocycles. The van der Waals surface area contributed by atoms with Gasteiger partial charge in [-0.25, -0.2) is 0 Å². The number of hydrogen-bond acceptors (Lipinski definition) is 2. The van der Waals surface area contributed by atoms with Crippen LogP contribution in [0.25, 0.3) is 0 Å². The van der Waals surface area contributed by atoms with Crippen molar-refractivity contribution in [3.8, 4) is 0 Å². The highest BCUT2D eigenvalue weighted by molar-refractivity contribution is 5.81. The minimum absolute atomic E-state index is 0.0834. The second kappa shape index (κ2) is 8.57. The highest BCUT2D eigenvalue weighted by atomic mass is 16.2. The summed E-state index contributed by atoms with van der Waals surface area (Å²) in [5.74, 6) is 0.200. The van der Waals surface area contributed by atoms with Gasteiger partial charge >= 0.3 is 0 Å². The molecule has 2 N–H and O–H groups in total. The lowest BCUT2D eigenvalue weighted by Gasteiger charge is -2.10. The first-order valence-corrected chi connectivity index (χ1v) is 6.85. The van der Waals surface area contributed by atoms with Gasteiger partial charge in [0, 0.05) is 6.54 Å². The average molecular weight is 226 g/mol. The fraction of sp³-hybridized carbons (Fsp3) is 0.923. The molecule has 0 aromatic carbocycles. The summed E-state index contributed by atoms with van der Waals surface area (Å²) in [6.45, 7) is 4.08. The van der Waals surface area contributed by atoms with Crippen molar-refractivity contribution in [2.45, 2.75) is 64.3 Å². The molecule has 1 aliphatic rings. The maximum atomic E-state index is 11.6. The standard InChI is InChI=1S/C13H26N2O/c1-2-3-4-5-6-7-10-15-13(16)12-9-8-11-14-12/h12,14H,2-11H2,1H3,(H,15,16). The molecule has 0 radical (unpaired) electrons. The minimum Gasteiger partial charge on any atom is -0.355 e. The van der Waals surface area contributed by atoms with Crippen LogP contribution in [0.1, 0.15) is 58.3 Å². The van der Waals surface area contributed by atoms with E-state index in [4.69, 9.17) is 0 Å². The van der Waals surface area contributed by atoms with Crippen molar-refractivity contribution >= 4 is 5.91 Å². The summed E-state index contributed by atoms with van der Waals surface area (Å²) in [4.78, 5) is 11.6. The second-order valence-electron chi connectivity index (χ2n) is 4.71. The maximum absolute atomic E-state index is 11.6. The summed E-state index contributed by atoms with van der Waals surface area (Å²) in [6, 6.07) is 0.0834. The van der Waals surface area contributed by atoms with E-state index in [1.54, 1.807) is 0 Å². The molecule has 0 bridgehead atoms. The lowest BCUT2D eigenvalue weighted by molar-refractivity contribution is -0.122. The molecular formula is C13H26N2O. The van der Waals surface area contributed by atoms with Crippen molar-refractivity contribution in [1.82, 2.24) is 10.6 Å². The summed E-state index contributed by atoms with van der Waals surface area (Å²) in [5.41, 5.74) is 0. The van der Waals surface area contributed by atoms with Crippen LogP contribution in [0.5, 0.6) is 0 Å². The van der Waals surface area contributed by atoms with Gasteiger partial charge in [0.05, 0.1) is 6.04 Å². The number of nitrogens with one attached hydrogen (secondary N) is 2. The first-order valence-electron chi connectivity index (χ1n) is 6.85. The predicted molar refractivity (Wildman–Crippen MR) is 67.4 cm³/mol.